The van der Waals surface area contributed by atoms with Gasteiger partial charge in [0.2, 0.25) is 5.91 Å². The van der Waals surface area contributed by atoms with Crippen molar-refractivity contribution >= 4 is 62.3 Å². The summed E-state index contributed by atoms with van der Waals surface area (Å²) in [6.07, 6.45) is 0. The predicted octanol–water partition coefficient (Wildman–Crippen LogP) is 5.91. The second-order valence-electron chi connectivity index (χ2n) is 6.34. The molecule has 2 N–H and O–H groups in total. The highest BCUT2D eigenvalue weighted by atomic mass is 35.5. The second-order valence-corrected chi connectivity index (χ2v) is 10.3. The Hall–Kier alpha value is -2.19. The SMILES string of the molecule is C[C@H](Sc1ccc(Cl)cc1)C(=O)Nc1ccc(S(=O)(=O)Nc2ccc(Cl)cc2)cc1. The van der Waals surface area contributed by atoms with Crippen molar-refractivity contribution in [1.29, 1.82) is 0 Å². The molecule has 3 aromatic rings. The maximum Gasteiger partial charge on any atom is 0.261 e. The predicted molar refractivity (Wildman–Crippen MR) is 124 cm³/mol. The van der Waals surface area contributed by atoms with Crippen LogP contribution in [0.25, 0.3) is 0 Å². The van der Waals surface area contributed by atoms with Gasteiger partial charge in [-0.25, -0.2) is 8.42 Å². The Bertz CT molecular complexity index is 1120. The number of hydrogen-bond donors (Lipinski definition) is 2. The molecule has 1 amide bonds. The smallest absolute Gasteiger partial charge is 0.261 e. The number of carbonyl (C=O) groups excluding carboxylic acids is 1. The second kappa shape index (κ2) is 9.75. The highest BCUT2D eigenvalue weighted by Crippen LogP contribution is 2.26. The minimum absolute atomic E-state index is 0.0824. The fourth-order valence-electron chi connectivity index (χ4n) is 2.46. The molecule has 3 aromatic carbocycles. The summed E-state index contributed by atoms with van der Waals surface area (Å²) in [5.41, 5.74) is 0.916. The molecule has 0 radical (unpaired) electrons. The number of halogens is 2. The fourth-order valence-corrected chi connectivity index (χ4v) is 4.64. The fraction of sp³-hybridized carbons (Fsp3) is 0.0952. The molecule has 0 unspecified atom stereocenters. The van der Waals surface area contributed by atoms with E-state index in [-0.39, 0.29) is 16.1 Å². The zero-order chi connectivity index (χ0) is 21.7. The lowest BCUT2D eigenvalue weighted by atomic mass is 10.3. The Morgan fingerprint density at radius 1 is 0.833 bits per heavy atom. The third-order valence-electron chi connectivity index (χ3n) is 4.02. The average Bonchev–Trinajstić information content (AvgIpc) is 2.71. The Kier molecular flexibility index (Phi) is 7.31. The van der Waals surface area contributed by atoms with E-state index in [9.17, 15) is 13.2 Å². The van der Waals surface area contributed by atoms with Crippen molar-refractivity contribution in [3.8, 4) is 0 Å². The van der Waals surface area contributed by atoms with Gasteiger partial charge in [-0.2, -0.15) is 0 Å². The molecular weight excluding hydrogens is 463 g/mol. The monoisotopic (exact) mass is 480 g/mol. The molecule has 0 bridgehead atoms. The summed E-state index contributed by atoms with van der Waals surface area (Å²) in [6.45, 7) is 1.80. The maximum absolute atomic E-state index is 12.5. The molecular formula is C21H18Cl2N2O3S2. The van der Waals surface area contributed by atoms with Gasteiger partial charge in [0.05, 0.1) is 10.1 Å². The van der Waals surface area contributed by atoms with Crippen LogP contribution in [0.15, 0.2) is 82.6 Å². The lowest BCUT2D eigenvalue weighted by Gasteiger charge is -2.13. The summed E-state index contributed by atoms with van der Waals surface area (Å²) in [6, 6.07) is 19.6. The quantitative estimate of drug-likeness (QED) is 0.411. The summed E-state index contributed by atoms with van der Waals surface area (Å²) in [4.78, 5) is 13.4. The molecule has 0 aliphatic carbocycles. The van der Waals surface area contributed by atoms with Crippen molar-refractivity contribution in [2.45, 2.75) is 22.0 Å². The average molecular weight is 481 g/mol. The zero-order valence-corrected chi connectivity index (χ0v) is 18.9. The van der Waals surface area contributed by atoms with E-state index in [0.29, 0.717) is 21.4 Å². The van der Waals surface area contributed by atoms with Crippen molar-refractivity contribution in [1.82, 2.24) is 0 Å². The molecule has 0 heterocycles. The molecule has 9 heteroatoms. The van der Waals surface area contributed by atoms with Crippen LogP contribution in [0.4, 0.5) is 11.4 Å². The molecule has 0 aromatic heterocycles. The topological polar surface area (TPSA) is 75.3 Å². The summed E-state index contributed by atoms with van der Waals surface area (Å²) < 4.78 is 27.5. The molecule has 0 spiro atoms. The van der Waals surface area contributed by atoms with Crippen LogP contribution < -0.4 is 10.0 Å². The Morgan fingerprint density at radius 2 is 1.33 bits per heavy atom. The Labute approximate surface area is 189 Å². The van der Waals surface area contributed by atoms with E-state index in [4.69, 9.17) is 23.2 Å². The van der Waals surface area contributed by atoms with Gasteiger partial charge in [0.1, 0.15) is 0 Å². The molecule has 0 aliphatic heterocycles. The Morgan fingerprint density at radius 3 is 1.90 bits per heavy atom. The van der Waals surface area contributed by atoms with Crippen LogP contribution in [0.1, 0.15) is 6.92 Å². The highest BCUT2D eigenvalue weighted by molar-refractivity contribution is 8.00. The van der Waals surface area contributed by atoms with E-state index in [1.165, 1.54) is 23.9 Å². The van der Waals surface area contributed by atoms with Crippen molar-refractivity contribution in [3.63, 3.8) is 0 Å². The van der Waals surface area contributed by atoms with Crippen LogP contribution in [-0.4, -0.2) is 19.6 Å². The molecule has 156 valence electrons. The zero-order valence-electron chi connectivity index (χ0n) is 15.8. The van der Waals surface area contributed by atoms with Crippen LogP contribution in [0.5, 0.6) is 0 Å². The summed E-state index contributed by atoms with van der Waals surface area (Å²) in [5, 5.41) is 3.60. The molecule has 3 rings (SSSR count). The Balaban J connectivity index is 1.62. The van der Waals surface area contributed by atoms with Crippen molar-refractivity contribution in [2.75, 3.05) is 10.0 Å². The third kappa shape index (κ3) is 6.15. The van der Waals surface area contributed by atoms with Gasteiger partial charge < -0.3 is 5.32 Å². The molecule has 0 aliphatic rings. The molecule has 30 heavy (non-hydrogen) atoms. The first kappa shape index (κ1) is 22.5. The number of carbonyl (C=O) groups is 1. The van der Waals surface area contributed by atoms with Crippen LogP contribution in [0, 0.1) is 0 Å². The normalized spacial score (nSPS) is 12.2. The summed E-state index contributed by atoms with van der Waals surface area (Å²) in [5.74, 6) is -0.190. The largest absolute Gasteiger partial charge is 0.325 e. The van der Waals surface area contributed by atoms with E-state index in [2.05, 4.69) is 10.0 Å². The van der Waals surface area contributed by atoms with Crippen molar-refractivity contribution in [2.24, 2.45) is 0 Å². The minimum atomic E-state index is -3.75. The molecule has 1 atom stereocenters. The van der Waals surface area contributed by atoms with Crippen molar-refractivity contribution < 1.29 is 13.2 Å². The number of rotatable bonds is 7. The first-order chi connectivity index (χ1) is 14.2. The number of nitrogens with one attached hydrogen (secondary N) is 2. The molecule has 0 fully saturated rings. The van der Waals surface area contributed by atoms with E-state index >= 15 is 0 Å². The first-order valence-corrected chi connectivity index (χ1v) is 12.0. The number of benzene rings is 3. The van der Waals surface area contributed by atoms with Gasteiger partial charge in [-0.15, -0.1) is 11.8 Å². The van der Waals surface area contributed by atoms with Crippen molar-refractivity contribution in [3.05, 3.63) is 82.8 Å². The van der Waals surface area contributed by atoms with Gasteiger partial charge in [-0.05, 0) is 79.7 Å². The number of anilines is 2. The van der Waals surface area contributed by atoms with Crippen LogP contribution >= 0.6 is 35.0 Å². The van der Waals surface area contributed by atoms with Gasteiger partial charge in [0.15, 0.2) is 0 Å². The summed E-state index contributed by atoms with van der Waals surface area (Å²) in [7, 11) is -3.75. The van der Waals surface area contributed by atoms with E-state index < -0.39 is 10.0 Å². The van der Waals surface area contributed by atoms with Gasteiger partial charge >= 0.3 is 0 Å². The van der Waals surface area contributed by atoms with E-state index in [0.717, 1.165) is 4.90 Å². The van der Waals surface area contributed by atoms with Crippen LogP contribution in [-0.2, 0) is 14.8 Å². The van der Waals surface area contributed by atoms with E-state index in [1.54, 1.807) is 55.5 Å². The standard InChI is InChI=1S/C21H18Cl2N2O3S2/c1-14(29-19-10-4-16(23)5-11-19)21(26)24-17-8-12-20(13-9-17)30(27,28)25-18-6-2-15(22)3-7-18/h2-14,25H,1H3,(H,24,26)/t14-/m0/s1. The number of sulfonamides is 1. The molecule has 5 nitrogen and oxygen atoms in total. The highest BCUT2D eigenvalue weighted by Gasteiger charge is 2.17. The molecule has 0 saturated heterocycles. The number of amides is 1. The lowest BCUT2D eigenvalue weighted by Crippen LogP contribution is -2.22. The van der Waals surface area contributed by atoms with Gasteiger partial charge in [0, 0.05) is 26.3 Å². The van der Waals surface area contributed by atoms with Crippen LogP contribution in [0.3, 0.4) is 0 Å². The van der Waals surface area contributed by atoms with Gasteiger partial charge in [0.25, 0.3) is 10.0 Å². The molecule has 0 saturated carbocycles. The van der Waals surface area contributed by atoms with Gasteiger partial charge in [-0.1, -0.05) is 23.2 Å². The minimum Gasteiger partial charge on any atom is -0.325 e. The summed E-state index contributed by atoms with van der Waals surface area (Å²) >= 11 is 13.1. The maximum atomic E-state index is 12.5. The van der Waals surface area contributed by atoms with Crippen LogP contribution in [0.2, 0.25) is 10.0 Å². The number of thioether (sulfide) groups is 1. The third-order valence-corrected chi connectivity index (χ3v) is 7.04. The first-order valence-electron chi connectivity index (χ1n) is 8.84. The van der Waals surface area contributed by atoms with Gasteiger partial charge in [-0.3, -0.25) is 9.52 Å². The van der Waals surface area contributed by atoms with E-state index in [1.807, 2.05) is 12.1 Å². The lowest BCUT2D eigenvalue weighted by molar-refractivity contribution is -0.115. The number of hydrogen-bond acceptors (Lipinski definition) is 4.